The SMILES string of the molecule is COC(C(C)C)N(C=O)OC(C)=O. The summed E-state index contributed by atoms with van der Waals surface area (Å²) in [7, 11) is 1.45. The van der Waals surface area contributed by atoms with Crippen LogP contribution in [0.5, 0.6) is 0 Å². The van der Waals surface area contributed by atoms with Crippen molar-refractivity contribution in [2.24, 2.45) is 5.92 Å². The number of nitrogens with zero attached hydrogens (tertiary/aromatic N) is 1. The molecular weight excluding hydrogens is 174 g/mol. The Bertz CT molecular complexity index is 181. The van der Waals surface area contributed by atoms with E-state index in [-0.39, 0.29) is 5.92 Å². The highest BCUT2D eigenvalue weighted by atomic mass is 16.7. The van der Waals surface area contributed by atoms with E-state index in [4.69, 9.17) is 4.74 Å². The predicted octanol–water partition coefficient (Wildman–Crippen LogP) is 0.551. The molecule has 76 valence electrons. The molecule has 5 nitrogen and oxygen atoms in total. The number of ether oxygens (including phenoxy) is 1. The van der Waals surface area contributed by atoms with Gasteiger partial charge in [0.15, 0.2) is 6.23 Å². The van der Waals surface area contributed by atoms with E-state index >= 15 is 0 Å². The van der Waals surface area contributed by atoms with Crippen LogP contribution in [0.1, 0.15) is 20.8 Å². The van der Waals surface area contributed by atoms with Crippen molar-refractivity contribution in [3.8, 4) is 0 Å². The third-order valence-corrected chi connectivity index (χ3v) is 1.40. The fourth-order valence-electron chi connectivity index (χ4n) is 0.952. The summed E-state index contributed by atoms with van der Waals surface area (Å²) in [5.74, 6) is -0.496. The van der Waals surface area contributed by atoms with E-state index < -0.39 is 12.2 Å². The average Bonchev–Trinajstić information content (AvgIpc) is 2.02. The molecule has 0 rings (SSSR count). The summed E-state index contributed by atoms with van der Waals surface area (Å²) in [5, 5.41) is 0.868. The monoisotopic (exact) mass is 189 g/mol. The first-order valence-electron chi connectivity index (χ1n) is 3.97. The Labute approximate surface area is 77.6 Å². The van der Waals surface area contributed by atoms with Gasteiger partial charge in [0.25, 0.3) is 0 Å². The van der Waals surface area contributed by atoms with Crippen molar-refractivity contribution in [3.05, 3.63) is 0 Å². The van der Waals surface area contributed by atoms with Gasteiger partial charge in [-0.25, -0.2) is 0 Å². The molecule has 0 saturated carbocycles. The second-order valence-electron chi connectivity index (χ2n) is 2.92. The highest BCUT2D eigenvalue weighted by Crippen LogP contribution is 2.10. The van der Waals surface area contributed by atoms with E-state index in [0.717, 1.165) is 5.06 Å². The number of methoxy groups -OCH3 is 1. The molecule has 0 heterocycles. The molecule has 0 bridgehead atoms. The average molecular weight is 189 g/mol. The van der Waals surface area contributed by atoms with Crippen molar-refractivity contribution >= 4 is 12.4 Å². The molecule has 1 atom stereocenters. The number of amides is 1. The lowest BCUT2D eigenvalue weighted by Gasteiger charge is -2.27. The van der Waals surface area contributed by atoms with Gasteiger partial charge in [0, 0.05) is 20.0 Å². The predicted molar refractivity (Wildman–Crippen MR) is 45.3 cm³/mol. The molecule has 0 aliphatic carbocycles. The van der Waals surface area contributed by atoms with Crippen LogP contribution in [0.25, 0.3) is 0 Å². The molecule has 0 aliphatic heterocycles. The van der Waals surface area contributed by atoms with Crippen LogP contribution < -0.4 is 0 Å². The number of hydrogen-bond acceptors (Lipinski definition) is 4. The standard InChI is InChI=1S/C8H15NO4/c1-6(2)8(12-4)9(5-10)13-7(3)11/h5-6,8H,1-4H3. The number of carbonyl (C=O) groups excluding carboxylic acids is 2. The maximum absolute atomic E-state index is 10.6. The minimum atomic E-state index is -0.546. The lowest BCUT2D eigenvalue weighted by Crippen LogP contribution is -2.40. The summed E-state index contributed by atoms with van der Waals surface area (Å²) in [6.07, 6.45) is -0.114. The van der Waals surface area contributed by atoms with E-state index in [1.807, 2.05) is 13.8 Å². The van der Waals surface area contributed by atoms with Crippen LogP contribution in [0.3, 0.4) is 0 Å². The fourth-order valence-corrected chi connectivity index (χ4v) is 0.952. The summed E-state index contributed by atoms with van der Waals surface area (Å²) < 4.78 is 4.98. The van der Waals surface area contributed by atoms with Gasteiger partial charge in [-0.1, -0.05) is 13.8 Å². The first-order chi connectivity index (χ1) is 6.02. The minimum absolute atomic E-state index is 0.0505. The normalized spacial score (nSPS) is 12.4. The molecule has 1 unspecified atom stereocenters. The van der Waals surface area contributed by atoms with Gasteiger partial charge in [-0.05, 0) is 0 Å². The Kier molecular flexibility index (Phi) is 5.06. The molecule has 0 aliphatic rings. The van der Waals surface area contributed by atoms with E-state index in [0.29, 0.717) is 6.41 Å². The zero-order chi connectivity index (χ0) is 10.4. The molecule has 5 heteroatoms. The van der Waals surface area contributed by atoms with Crippen LogP contribution in [-0.4, -0.2) is 30.8 Å². The van der Waals surface area contributed by atoms with Crippen molar-refractivity contribution in [2.75, 3.05) is 7.11 Å². The minimum Gasteiger partial charge on any atom is -0.358 e. The quantitative estimate of drug-likeness (QED) is 0.360. The Morgan fingerprint density at radius 2 is 2.00 bits per heavy atom. The highest BCUT2D eigenvalue weighted by Gasteiger charge is 2.22. The Morgan fingerprint density at radius 1 is 1.46 bits per heavy atom. The lowest BCUT2D eigenvalue weighted by molar-refractivity contribution is -0.233. The zero-order valence-electron chi connectivity index (χ0n) is 8.31. The van der Waals surface area contributed by atoms with Gasteiger partial charge in [0.05, 0.1) is 0 Å². The largest absolute Gasteiger partial charge is 0.358 e. The van der Waals surface area contributed by atoms with Gasteiger partial charge in [-0.2, -0.15) is 0 Å². The van der Waals surface area contributed by atoms with Crippen molar-refractivity contribution in [1.29, 1.82) is 0 Å². The van der Waals surface area contributed by atoms with Crippen LogP contribution in [0, 0.1) is 5.92 Å². The van der Waals surface area contributed by atoms with Crippen LogP contribution in [-0.2, 0) is 19.2 Å². The molecule has 13 heavy (non-hydrogen) atoms. The maximum atomic E-state index is 10.6. The van der Waals surface area contributed by atoms with Gasteiger partial charge in [-0.3, -0.25) is 9.59 Å². The molecule has 0 radical (unpaired) electrons. The molecule has 0 N–H and O–H groups in total. The van der Waals surface area contributed by atoms with Crippen molar-refractivity contribution in [1.82, 2.24) is 5.06 Å². The second-order valence-corrected chi connectivity index (χ2v) is 2.92. The summed E-state index contributed by atoms with van der Waals surface area (Å²) in [6.45, 7) is 4.94. The van der Waals surface area contributed by atoms with E-state index in [2.05, 4.69) is 4.84 Å². The van der Waals surface area contributed by atoms with Gasteiger partial charge in [-0.15, -0.1) is 5.06 Å². The van der Waals surface area contributed by atoms with Crippen molar-refractivity contribution < 1.29 is 19.2 Å². The summed E-state index contributed by atoms with van der Waals surface area (Å²) in [4.78, 5) is 25.7. The van der Waals surface area contributed by atoms with Gasteiger partial charge < -0.3 is 9.57 Å². The molecule has 1 amide bonds. The highest BCUT2D eigenvalue weighted by molar-refractivity contribution is 5.67. The Hall–Kier alpha value is -1.10. The second kappa shape index (κ2) is 5.53. The number of carbonyl (C=O) groups is 2. The van der Waals surface area contributed by atoms with Gasteiger partial charge >= 0.3 is 5.97 Å². The molecule has 0 spiro atoms. The van der Waals surface area contributed by atoms with E-state index in [9.17, 15) is 9.59 Å². The Morgan fingerprint density at radius 3 is 2.23 bits per heavy atom. The molecule has 0 aromatic heterocycles. The lowest BCUT2D eigenvalue weighted by atomic mass is 10.2. The van der Waals surface area contributed by atoms with Crippen molar-refractivity contribution in [2.45, 2.75) is 27.0 Å². The van der Waals surface area contributed by atoms with Crippen LogP contribution in [0.15, 0.2) is 0 Å². The number of hydroxylamine groups is 2. The molecule has 0 aromatic carbocycles. The zero-order valence-corrected chi connectivity index (χ0v) is 8.31. The third kappa shape index (κ3) is 3.89. The van der Waals surface area contributed by atoms with Crippen LogP contribution in [0.2, 0.25) is 0 Å². The number of hydrogen-bond donors (Lipinski definition) is 0. The maximum Gasteiger partial charge on any atom is 0.329 e. The summed E-state index contributed by atoms with van der Waals surface area (Å²) in [6, 6.07) is 0. The smallest absolute Gasteiger partial charge is 0.329 e. The van der Waals surface area contributed by atoms with Gasteiger partial charge in [0.1, 0.15) is 0 Å². The van der Waals surface area contributed by atoms with Crippen LogP contribution >= 0.6 is 0 Å². The summed E-state index contributed by atoms with van der Waals surface area (Å²) in [5.41, 5.74) is 0. The third-order valence-electron chi connectivity index (χ3n) is 1.40. The molecule has 0 saturated heterocycles. The fraction of sp³-hybridized carbons (Fsp3) is 0.750. The van der Waals surface area contributed by atoms with E-state index in [1.54, 1.807) is 0 Å². The molecule has 0 aromatic rings. The molecule has 0 fully saturated rings. The van der Waals surface area contributed by atoms with Crippen LogP contribution in [0.4, 0.5) is 0 Å². The molecular formula is C8H15NO4. The van der Waals surface area contributed by atoms with Crippen molar-refractivity contribution in [3.63, 3.8) is 0 Å². The first-order valence-corrected chi connectivity index (χ1v) is 3.97. The van der Waals surface area contributed by atoms with Gasteiger partial charge in [0.2, 0.25) is 6.41 Å². The topological polar surface area (TPSA) is 55.8 Å². The van der Waals surface area contributed by atoms with E-state index in [1.165, 1.54) is 14.0 Å². The first kappa shape index (κ1) is 11.9. The summed E-state index contributed by atoms with van der Waals surface area (Å²) >= 11 is 0. The Balaban J connectivity index is 4.33. The number of rotatable bonds is 5.